The van der Waals surface area contributed by atoms with E-state index in [4.69, 9.17) is 15.7 Å². The van der Waals surface area contributed by atoms with Crippen molar-refractivity contribution in [3.05, 3.63) is 95.7 Å². The average molecular weight is 424 g/mol. The summed E-state index contributed by atoms with van der Waals surface area (Å²) in [4.78, 5) is 12.3. The summed E-state index contributed by atoms with van der Waals surface area (Å²) in [5, 5.41) is 12.1. The van der Waals surface area contributed by atoms with Crippen molar-refractivity contribution < 1.29 is 9.13 Å². The summed E-state index contributed by atoms with van der Waals surface area (Å²) in [5.74, 6) is 1.50. The van der Waals surface area contributed by atoms with Crippen molar-refractivity contribution >= 4 is 29.6 Å². The Bertz CT molecular complexity index is 1300. The van der Waals surface area contributed by atoms with E-state index >= 15 is 0 Å². The predicted octanol–water partition coefficient (Wildman–Crippen LogP) is 5.17. The van der Waals surface area contributed by atoms with Crippen molar-refractivity contribution in [2.45, 2.75) is 0 Å². The van der Waals surface area contributed by atoms with E-state index in [1.165, 1.54) is 18.3 Å². The molecule has 0 atom stereocenters. The van der Waals surface area contributed by atoms with E-state index < -0.39 is 0 Å². The minimum Gasteiger partial charge on any atom is -0.457 e. The summed E-state index contributed by atoms with van der Waals surface area (Å²) >= 11 is 0. The molecule has 4 aromatic rings. The number of nitriles is 1. The smallest absolute Gasteiger partial charge is 0.222 e. The molecule has 156 valence electrons. The molecule has 0 radical (unpaired) electrons. The van der Waals surface area contributed by atoms with Crippen LogP contribution in [0.2, 0.25) is 0 Å². The van der Waals surface area contributed by atoms with Gasteiger partial charge in [0, 0.05) is 24.0 Å². The Morgan fingerprint density at radius 1 is 0.938 bits per heavy atom. The van der Waals surface area contributed by atoms with Gasteiger partial charge in [-0.05, 0) is 54.1 Å². The maximum atomic E-state index is 13.0. The topological polar surface area (TPSA) is 110 Å². The van der Waals surface area contributed by atoms with Crippen LogP contribution >= 0.6 is 0 Å². The third-order valence-electron chi connectivity index (χ3n) is 4.29. The highest BCUT2D eigenvalue weighted by atomic mass is 19.1. The molecule has 0 aliphatic heterocycles. The number of ether oxygens (including phenoxy) is 1. The Hall–Kier alpha value is -4.77. The monoisotopic (exact) mass is 424 g/mol. The first-order valence-corrected chi connectivity index (χ1v) is 9.57. The van der Waals surface area contributed by atoms with Crippen LogP contribution in [-0.2, 0) is 0 Å². The Balaban J connectivity index is 1.45. The van der Waals surface area contributed by atoms with Crippen molar-refractivity contribution in [2.24, 2.45) is 0 Å². The molecule has 32 heavy (non-hydrogen) atoms. The number of rotatable bonds is 6. The lowest BCUT2D eigenvalue weighted by Crippen LogP contribution is -2.01. The minimum absolute atomic E-state index is 0.125. The lowest BCUT2D eigenvalue weighted by atomic mass is 10.2. The van der Waals surface area contributed by atoms with Crippen LogP contribution in [0, 0.1) is 17.1 Å². The molecule has 7 nitrogen and oxygen atoms in total. The van der Waals surface area contributed by atoms with Crippen LogP contribution < -0.4 is 15.8 Å². The van der Waals surface area contributed by atoms with Crippen LogP contribution in [0.25, 0.3) is 12.2 Å². The second kappa shape index (κ2) is 9.36. The van der Waals surface area contributed by atoms with Crippen molar-refractivity contribution in [2.75, 3.05) is 11.1 Å². The third kappa shape index (κ3) is 5.43. The fourth-order valence-electron chi connectivity index (χ4n) is 2.82. The van der Waals surface area contributed by atoms with Crippen LogP contribution in [0.1, 0.15) is 17.0 Å². The summed E-state index contributed by atoms with van der Waals surface area (Å²) in [5.41, 5.74) is 8.34. The highest BCUT2D eigenvalue weighted by Gasteiger charge is 2.04. The number of nitrogens with two attached hydrogens (primary N) is 1. The molecule has 0 amide bonds. The maximum absolute atomic E-state index is 13.0. The standard InChI is InChI=1S/C24H17FN6O/c25-17-4-1-16(2-5-17)3-6-19-14-23(31-24(27)30-19)29-18-7-9-21(10-8-18)32-22-11-12-28-20(13-22)15-26/h1-14H,(H3,27,29,30,31). The van der Waals surface area contributed by atoms with Crippen LogP contribution in [-0.4, -0.2) is 15.0 Å². The normalized spacial score (nSPS) is 10.6. The zero-order chi connectivity index (χ0) is 22.3. The Kier molecular flexibility index (Phi) is 6.00. The second-order valence-corrected chi connectivity index (χ2v) is 6.66. The molecule has 0 unspecified atom stereocenters. The molecule has 3 N–H and O–H groups in total. The summed E-state index contributed by atoms with van der Waals surface area (Å²) in [7, 11) is 0. The van der Waals surface area contributed by atoms with Crippen molar-refractivity contribution in [3.8, 4) is 17.6 Å². The van der Waals surface area contributed by atoms with E-state index in [1.807, 2.05) is 24.3 Å². The lowest BCUT2D eigenvalue weighted by Gasteiger charge is -2.09. The number of nitrogen functional groups attached to an aromatic ring is 1. The van der Waals surface area contributed by atoms with Crippen molar-refractivity contribution in [3.63, 3.8) is 0 Å². The first-order chi connectivity index (χ1) is 15.6. The molecule has 4 rings (SSSR count). The van der Waals surface area contributed by atoms with Gasteiger partial charge in [0.15, 0.2) is 0 Å². The van der Waals surface area contributed by atoms with Crippen molar-refractivity contribution in [1.82, 2.24) is 15.0 Å². The number of hydrogen-bond donors (Lipinski definition) is 2. The number of hydrogen-bond acceptors (Lipinski definition) is 7. The summed E-state index contributed by atoms with van der Waals surface area (Å²) in [6.45, 7) is 0. The van der Waals surface area contributed by atoms with E-state index in [1.54, 1.807) is 48.5 Å². The summed E-state index contributed by atoms with van der Waals surface area (Å²) < 4.78 is 18.8. The molecule has 2 aromatic heterocycles. The van der Waals surface area contributed by atoms with Gasteiger partial charge in [-0.2, -0.15) is 10.2 Å². The molecular formula is C24H17FN6O. The van der Waals surface area contributed by atoms with Gasteiger partial charge in [-0.25, -0.2) is 14.4 Å². The van der Waals surface area contributed by atoms with Gasteiger partial charge in [0.2, 0.25) is 5.95 Å². The minimum atomic E-state index is -0.288. The zero-order valence-electron chi connectivity index (χ0n) is 16.7. The fourth-order valence-corrected chi connectivity index (χ4v) is 2.82. The number of benzene rings is 2. The molecule has 0 aliphatic carbocycles. The molecule has 8 heteroatoms. The summed E-state index contributed by atoms with van der Waals surface area (Å²) in [6.07, 6.45) is 5.11. The highest BCUT2D eigenvalue weighted by Crippen LogP contribution is 2.25. The Labute approximate surface area is 183 Å². The average Bonchev–Trinajstić information content (AvgIpc) is 2.80. The van der Waals surface area contributed by atoms with Gasteiger partial charge < -0.3 is 15.8 Å². The van der Waals surface area contributed by atoms with Gasteiger partial charge in [-0.15, -0.1) is 0 Å². The third-order valence-corrected chi connectivity index (χ3v) is 4.29. The van der Waals surface area contributed by atoms with Crippen LogP contribution in [0.4, 0.5) is 21.8 Å². The van der Waals surface area contributed by atoms with Crippen LogP contribution in [0.15, 0.2) is 72.9 Å². The number of anilines is 3. The van der Waals surface area contributed by atoms with Gasteiger partial charge in [0.25, 0.3) is 0 Å². The molecule has 0 bridgehead atoms. The largest absolute Gasteiger partial charge is 0.457 e. The molecular weight excluding hydrogens is 407 g/mol. The number of nitrogens with zero attached hydrogens (tertiary/aromatic N) is 4. The number of aromatic nitrogens is 3. The van der Waals surface area contributed by atoms with E-state index in [9.17, 15) is 4.39 Å². The Morgan fingerprint density at radius 2 is 1.72 bits per heavy atom. The molecule has 0 saturated carbocycles. The van der Waals surface area contributed by atoms with Gasteiger partial charge in [0.05, 0.1) is 5.69 Å². The number of halogens is 1. The molecule has 0 fully saturated rings. The SMILES string of the molecule is N#Cc1cc(Oc2ccc(Nc3cc(C=Cc4ccc(F)cc4)nc(N)n3)cc2)ccn1. The highest BCUT2D eigenvalue weighted by molar-refractivity contribution is 5.70. The number of nitrogens with one attached hydrogen (secondary N) is 1. The number of pyridine rings is 1. The quantitative estimate of drug-likeness (QED) is 0.439. The van der Waals surface area contributed by atoms with Crippen molar-refractivity contribution in [1.29, 1.82) is 5.26 Å². The van der Waals surface area contributed by atoms with Gasteiger partial charge in [-0.3, -0.25) is 0 Å². The van der Waals surface area contributed by atoms with Crippen LogP contribution in [0.3, 0.4) is 0 Å². The fraction of sp³-hybridized carbons (Fsp3) is 0. The zero-order valence-corrected chi connectivity index (χ0v) is 16.7. The predicted molar refractivity (Wildman–Crippen MR) is 121 cm³/mol. The molecule has 2 aromatic carbocycles. The second-order valence-electron chi connectivity index (χ2n) is 6.66. The molecule has 0 spiro atoms. The van der Waals surface area contributed by atoms with Gasteiger partial charge >= 0.3 is 0 Å². The van der Waals surface area contributed by atoms with E-state index in [2.05, 4.69) is 20.3 Å². The Morgan fingerprint density at radius 3 is 2.47 bits per heavy atom. The maximum Gasteiger partial charge on any atom is 0.222 e. The van der Waals surface area contributed by atoms with Gasteiger partial charge in [-0.1, -0.05) is 18.2 Å². The van der Waals surface area contributed by atoms with E-state index in [-0.39, 0.29) is 17.5 Å². The first kappa shape index (κ1) is 20.5. The van der Waals surface area contributed by atoms with E-state index in [0.29, 0.717) is 23.0 Å². The van der Waals surface area contributed by atoms with Gasteiger partial charge in [0.1, 0.15) is 34.9 Å². The van der Waals surface area contributed by atoms with E-state index in [0.717, 1.165) is 11.3 Å². The van der Waals surface area contributed by atoms with Crippen LogP contribution in [0.5, 0.6) is 11.5 Å². The molecule has 0 aliphatic rings. The molecule has 0 saturated heterocycles. The first-order valence-electron chi connectivity index (χ1n) is 9.57. The lowest BCUT2D eigenvalue weighted by molar-refractivity contribution is 0.482. The summed E-state index contributed by atoms with van der Waals surface area (Å²) in [6, 6.07) is 20.3. The molecule has 2 heterocycles.